The molecule has 0 saturated heterocycles. The minimum Gasteiger partial charge on any atom is -0.381 e. The van der Waals surface area contributed by atoms with E-state index in [9.17, 15) is 0 Å². The van der Waals surface area contributed by atoms with Crippen molar-refractivity contribution in [3.8, 4) is 0 Å². The molecule has 0 aromatic carbocycles. The van der Waals surface area contributed by atoms with E-state index in [1.807, 2.05) is 0 Å². The van der Waals surface area contributed by atoms with Crippen LogP contribution in [0.1, 0.15) is 71.6 Å². The Labute approximate surface area is 143 Å². The van der Waals surface area contributed by atoms with Crippen molar-refractivity contribution in [1.29, 1.82) is 0 Å². The van der Waals surface area contributed by atoms with Crippen LogP contribution in [0.2, 0.25) is 0 Å². The lowest BCUT2D eigenvalue weighted by atomic mass is 9.76. The molecule has 0 aliphatic heterocycles. The van der Waals surface area contributed by atoms with Crippen LogP contribution in [0.15, 0.2) is 36.5 Å². The molecule has 2 aliphatic rings. The van der Waals surface area contributed by atoms with E-state index in [-0.39, 0.29) is 5.41 Å². The topological polar surface area (TPSA) is 9.23 Å². The summed E-state index contributed by atoms with van der Waals surface area (Å²) in [6.45, 7) is 5.97. The number of allylic oxidation sites excluding steroid dienone is 5. The van der Waals surface area contributed by atoms with Gasteiger partial charge in [-0.3, -0.25) is 0 Å². The van der Waals surface area contributed by atoms with Crippen molar-refractivity contribution in [3.05, 3.63) is 36.5 Å². The van der Waals surface area contributed by atoms with Crippen molar-refractivity contribution in [2.45, 2.75) is 71.6 Å². The fourth-order valence-electron chi connectivity index (χ4n) is 4.23. The van der Waals surface area contributed by atoms with Crippen LogP contribution in [-0.2, 0) is 4.74 Å². The van der Waals surface area contributed by atoms with Gasteiger partial charge >= 0.3 is 0 Å². The van der Waals surface area contributed by atoms with Crippen LogP contribution in [-0.4, -0.2) is 13.2 Å². The third kappa shape index (κ3) is 6.30. The van der Waals surface area contributed by atoms with Crippen LogP contribution in [0.4, 0.5) is 0 Å². The molecule has 0 aromatic rings. The van der Waals surface area contributed by atoms with E-state index in [1.165, 1.54) is 51.4 Å². The van der Waals surface area contributed by atoms with E-state index in [2.05, 4.69) is 50.3 Å². The molecule has 2 rings (SSSR count). The standard InChI is InChI=1S/C22H36O/c1-3-10-20-12-14-21(15-13-20)11-6-9-18-22(19-23-4-2)16-7-5-8-17-22/h3,5,7-8,10,16,20-21H,4,6,9,11-15,17-19H2,1-2H3. The Morgan fingerprint density at radius 1 is 1.13 bits per heavy atom. The van der Waals surface area contributed by atoms with Gasteiger partial charge in [0.25, 0.3) is 0 Å². The predicted molar refractivity (Wildman–Crippen MR) is 101 cm³/mol. The number of hydrogen-bond acceptors (Lipinski definition) is 1. The molecule has 0 spiro atoms. The molecule has 1 nitrogen and oxygen atoms in total. The van der Waals surface area contributed by atoms with Crippen LogP contribution < -0.4 is 0 Å². The van der Waals surface area contributed by atoms with Gasteiger partial charge in [-0.15, -0.1) is 0 Å². The van der Waals surface area contributed by atoms with Crippen molar-refractivity contribution < 1.29 is 4.74 Å². The molecule has 2 aliphatic carbocycles. The maximum absolute atomic E-state index is 5.77. The monoisotopic (exact) mass is 316 g/mol. The Morgan fingerprint density at radius 2 is 1.96 bits per heavy atom. The van der Waals surface area contributed by atoms with E-state index in [1.54, 1.807) is 0 Å². The Morgan fingerprint density at radius 3 is 2.61 bits per heavy atom. The first-order valence-corrected chi connectivity index (χ1v) is 9.83. The molecule has 0 aromatic heterocycles. The maximum atomic E-state index is 5.77. The third-order valence-electron chi connectivity index (χ3n) is 5.71. The summed E-state index contributed by atoms with van der Waals surface area (Å²) in [5.74, 6) is 1.85. The summed E-state index contributed by atoms with van der Waals surface area (Å²) < 4.78 is 5.77. The van der Waals surface area contributed by atoms with Crippen LogP contribution in [0.25, 0.3) is 0 Å². The second-order valence-corrected chi connectivity index (χ2v) is 7.54. The minimum absolute atomic E-state index is 0.272. The van der Waals surface area contributed by atoms with Gasteiger partial charge < -0.3 is 4.74 Å². The van der Waals surface area contributed by atoms with Gasteiger partial charge in [0.2, 0.25) is 0 Å². The number of hydrogen-bond donors (Lipinski definition) is 0. The first-order chi connectivity index (χ1) is 11.3. The smallest absolute Gasteiger partial charge is 0.0559 e. The van der Waals surface area contributed by atoms with Crippen LogP contribution >= 0.6 is 0 Å². The zero-order valence-corrected chi connectivity index (χ0v) is 15.3. The van der Waals surface area contributed by atoms with Crippen molar-refractivity contribution in [3.63, 3.8) is 0 Å². The van der Waals surface area contributed by atoms with E-state index >= 15 is 0 Å². The van der Waals surface area contributed by atoms with Crippen LogP contribution in [0.3, 0.4) is 0 Å². The molecule has 0 N–H and O–H groups in total. The molecule has 1 atom stereocenters. The van der Waals surface area contributed by atoms with E-state index in [4.69, 9.17) is 4.74 Å². The summed E-state index contributed by atoms with van der Waals surface area (Å²) in [5.41, 5.74) is 0.272. The van der Waals surface area contributed by atoms with Crippen molar-refractivity contribution in [2.75, 3.05) is 13.2 Å². The van der Waals surface area contributed by atoms with Crippen molar-refractivity contribution >= 4 is 0 Å². The summed E-state index contributed by atoms with van der Waals surface area (Å²) >= 11 is 0. The van der Waals surface area contributed by atoms with Gasteiger partial charge in [0.1, 0.15) is 0 Å². The second kappa shape index (κ2) is 10.1. The molecule has 130 valence electrons. The molecule has 0 bridgehead atoms. The fraction of sp³-hybridized carbons (Fsp3) is 0.727. The summed E-state index contributed by atoms with van der Waals surface area (Å²) in [7, 11) is 0. The molecule has 0 amide bonds. The van der Waals surface area contributed by atoms with Gasteiger partial charge in [-0.25, -0.2) is 0 Å². The van der Waals surface area contributed by atoms with Gasteiger partial charge in [0.05, 0.1) is 6.61 Å². The van der Waals surface area contributed by atoms with Crippen molar-refractivity contribution in [2.24, 2.45) is 17.3 Å². The van der Waals surface area contributed by atoms with E-state index in [0.29, 0.717) is 0 Å². The zero-order chi connectivity index (χ0) is 16.4. The number of rotatable bonds is 9. The van der Waals surface area contributed by atoms with Gasteiger partial charge in [0, 0.05) is 12.0 Å². The predicted octanol–water partition coefficient (Wildman–Crippen LogP) is 6.47. The summed E-state index contributed by atoms with van der Waals surface area (Å²) in [6.07, 6.45) is 26.1. The third-order valence-corrected chi connectivity index (χ3v) is 5.71. The summed E-state index contributed by atoms with van der Waals surface area (Å²) in [4.78, 5) is 0. The fourth-order valence-corrected chi connectivity index (χ4v) is 4.23. The molecule has 23 heavy (non-hydrogen) atoms. The molecule has 1 unspecified atom stereocenters. The summed E-state index contributed by atoms with van der Waals surface area (Å²) in [6, 6.07) is 0. The molecule has 0 radical (unpaired) electrons. The minimum atomic E-state index is 0.272. The van der Waals surface area contributed by atoms with E-state index < -0.39 is 0 Å². The SMILES string of the molecule is CC=CC1CCC(CCCCC2(COCC)C=CC=CC2)CC1. The lowest BCUT2D eigenvalue weighted by molar-refractivity contribution is 0.0707. The molecular weight excluding hydrogens is 280 g/mol. The molecule has 1 heteroatoms. The highest BCUT2D eigenvalue weighted by atomic mass is 16.5. The second-order valence-electron chi connectivity index (χ2n) is 7.54. The maximum Gasteiger partial charge on any atom is 0.0559 e. The summed E-state index contributed by atoms with van der Waals surface area (Å²) in [5, 5.41) is 0. The Kier molecular flexibility index (Phi) is 8.16. The highest BCUT2D eigenvalue weighted by Crippen LogP contribution is 2.36. The molecule has 1 fully saturated rings. The lowest BCUT2D eigenvalue weighted by Gasteiger charge is -2.31. The largest absolute Gasteiger partial charge is 0.381 e. The molecule has 0 heterocycles. The molecular formula is C22H36O. The van der Waals surface area contributed by atoms with Crippen molar-refractivity contribution in [1.82, 2.24) is 0 Å². The average Bonchev–Trinajstić information content (AvgIpc) is 2.60. The van der Waals surface area contributed by atoms with Gasteiger partial charge in [-0.05, 0) is 64.2 Å². The van der Waals surface area contributed by atoms with Crippen LogP contribution in [0.5, 0.6) is 0 Å². The highest BCUT2D eigenvalue weighted by Gasteiger charge is 2.27. The van der Waals surface area contributed by atoms with Gasteiger partial charge in [-0.1, -0.05) is 55.7 Å². The van der Waals surface area contributed by atoms with Gasteiger partial charge in [0.15, 0.2) is 0 Å². The first-order valence-electron chi connectivity index (χ1n) is 9.83. The number of ether oxygens (including phenoxy) is 1. The van der Waals surface area contributed by atoms with Crippen LogP contribution in [0, 0.1) is 17.3 Å². The Hall–Kier alpha value is -0.820. The normalized spacial score (nSPS) is 31.0. The zero-order valence-electron chi connectivity index (χ0n) is 15.3. The van der Waals surface area contributed by atoms with E-state index in [0.717, 1.165) is 31.5 Å². The molecule has 1 saturated carbocycles. The average molecular weight is 317 g/mol. The van der Waals surface area contributed by atoms with Gasteiger partial charge in [-0.2, -0.15) is 0 Å². The Bertz CT molecular complexity index is 398. The number of unbranched alkanes of at least 4 members (excludes halogenated alkanes) is 1. The Balaban J connectivity index is 1.65. The highest BCUT2D eigenvalue weighted by molar-refractivity contribution is 5.16. The quantitative estimate of drug-likeness (QED) is 0.350. The lowest BCUT2D eigenvalue weighted by Crippen LogP contribution is -2.25. The first kappa shape index (κ1) is 18.5.